The second-order valence-corrected chi connectivity index (χ2v) is 4.45. The minimum absolute atomic E-state index is 0.340. The number of hydrogen-bond acceptors (Lipinski definition) is 3. The van der Waals surface area contributed by atoms with E-state index in [1.807, 2.05) is 0 Å². The SMILES string of the molecule is CCCC(N)C(=O)Nc1cc(C(F)(F)F)ccc1C(=O)O. The lowest BCUT2D eigenvalue weighted by Gasteiger charge is -2.15. The molecule has 0 aliphatic carbocycles. The van der Waals surface area contributed by atoms with Crippen LogP contribution in [0.3, 0.4) is 0 Å². The van der Waals surface area contributed by atoms with E-state index in [4.69, 9.17) is 10.8 Å². The van der Waals surface area contributed by atoms with Gasteiger partial charge in [0.15, 0.2) is 0 Å². The van der Waals surface area contributed by atoms with Crippen LogP contribution < -0.4 is 11.1 Å². The van der Waals surface area contributed by atoms with Crippen LogP contribution in [-0.2, 0) is 11.0 Å². The Morgan fingerprint density at radius 1 is 1.38 bits per heavy atom. The van der Waals surface area contributed by atoms with Crippen LogP contribution in [0.1, 0.15) is 35.7 Å². The number of anilines is 1. The van der Waals surface area contributed by atoms with E-state index in [2.05, 4.69) is 5.32 Å². The second kappa shape index (κ2) is 6.57. The average molecular weight is 304 g/mol. The van der Waals surface area contributed by atoms with Crippen LogP contribution in [0.25, 0.3) is 0 Å². The smallest absolute Gasteiger partial charge is 0.416 e. The van der Waals surface area contributed by atoms with Crippen LogP contribution in [-0.4, -0.2) is 23.0 Å². The lowest BCUT2D eigenvalue weighted by molar-refractivity contribution is -0.137. The Morgan fingerprint density at radius 2 is 2.00 bits per heavy atom. The summed E-state index contributed by atoms with van der Waals surface area (Å²) in [6, 6.07) is 1.11. The number of carboxylic acid groups (broad SMARTS) is 1. The lowest BCUT2D eigenvalue weighted by Crippen LogP contribution is -2.35. The van der Waals surface area contributed by atoms with Gasteiger partial charge in [-0.15, -0.1) is 0 Å². The number of benzene rings is 1. The van der Waals surface area contributed by atoms with Crippen molar-refractivity contribution in [1.29, 1.82) is 0 Å². The molecule has 8 heteroatoms. The Morgan fingerprint density at radius 3 is 2.48 bits per heavy atom. The van der Waals surface area contributed by atoms with Gasteiger partial charge in [-0.25, -0.2) is 4.79 Å². The maximum atomic E-state index is 12.6. The maximum absolute atomic E-state index is 12.6. The summed E-state index contributed by atoms with van der Waals surface area (Å²) >= 11 is 0. The summed E-state index contributed by atoms with van der Waals surface area (Å²) < 4.78 is 37.9. The summed E-state index contributed by atoms with van der Waals surface area (Å²) in [5.41, 5.74) is 3.64. The summed E-state index contributed by atoms with van der Waals surface area (Å²) in [5.74, 6) is -2.17. The zero-order valence-corrected chi connectivity index (χ0v) is 11.2. The van der Waals surface area contributed by atoms with E-state index in [1.54, 1.807) is 6.92 Å². The highest BCUT2D eigenvalue weighted by molar-refractivity contribution is 6.02. The predicted octanol–water partition coefficient (Wildman–Crippen LogP) is 2.47. The van der Waals surface area contributed by atoms with E-state index in [9.17, 15) is 22.8 Å². The number of rotatable bonds is 5. The third-order valence-electron chi connectivity index (χ3n) is 2.77. The number of aromatic carboxylic acids is 1. The fourth-order valence-corrected chi connectivity index (χ4v) is 1.68. The summed E-state index contributed by atoms with van der Waals surface area (Å²) in [6.45, 7) is 1.79. The van der Waals surface area contributed by atoms with Gasteiger partial charge in [0.1, 0.15) is 0 Å². The number of carbonyl (C=O) groups is 2. The zero-order valence-electron chi connectivity index (χ0n) is 11.2. The van der Waals surface area contributed by atoms with Crippen molar-refractivity contribution in [3.05, 3.63) is 29.3 Å². The van der Waals surface area contributed by atoms with Gasteiger partial charge in [0.2, 0.25) is 5.91 Å². The standard InChI is InChI=1S/C13H15F3N2O3/c1-2-3-9(17)11(19)18-10-6-7(13(14,15)16)4-5-8(10)12(20)21/h4-6,9H,2-3,17H2,1H3,(H,18,19)(H,20,21). The number of amides is 1. The molecular weight excluding hydrogens is 289 g/mol. The number of nitrogens with two attached hydrogens (primary N) is 1. The maximum Gasteiger partial charge on any atom is 0.416 e. The van der Waals surface area contributed by atoms with E-state index in [0.29, 0.717) is 25.0 Å². The lowest BCUT2D eigenvalue weighted by atomic mass is 10.1. The first-order chi connectivity index (χ1) is 9.66. The predicted molar refractivity (Wildman–Crippen MR) is 69.9 cm³/mol. The van der Waals surface area contributed by atoms with Gasteiger partial charge in [-0.2, -0.15) is 13.2 Å². The van der Waals surface area contributed by atoms with Crippen LogP contribution >= 0.6 is 0 Å². The molecule has 0 saturated heterocycles. The Bertz CT molecular complexity index is 544. The molecule has 0 heterocycles. The molecule has 1 unspecified atom stereocenters. The van der Waals surface area contributed by atoms with E-state index >= 15 is 0 Å². The number of carboxylic acids is 1. The molecule has 0 saturated carbocycles. The number of hydrogen-bond donors (Lipinski definition) is 3. The molecule has 21 heavy (non-hydrogen) atoms. The molecule has 0 fully saturated rings. The first-order valence-electron chi connectivity index (χ1n) is 6.17. The van der Waals surface area contributed by atoms with E-state index < -0.39 is 40.9 Å². The van der Waals surface area contributed by atoms with Crippen LogP contribution in [0, 0.1) is 0 Å². The molecule has 0 aliphatic rings. The molecule has 0 aliphatic heterocycles. The van der Waals surface area contributed by atoms with Crippen LogP contribution in [0.15, 0.2) is 18.2 Å². The van der Waals surface area contributed by atoms with Gasteiger partial charge in [-0.1, -0.05) is 13.3 Å². The van der Waals surface area contributed by atoms with Gasteiger partial charge in [-0.3, -0.25) is 4.79 Å². The van der Waals surface area contributed by atoms with Crippen LogP contribution in [0.2, 0.25) is 0 Å². The fourth-order valence-electron chi connectivity index (χ4n) is 1.68. The van der Waals surface area contributed by atoms with Gasteiger partial charge < -0.3 is 16.2 Å². The van der Waals surface area contributed by atoms with Crippen molar-refractivity contribution < 1.29 is 27.9 Å². The normalized spacial score (nSPS) is 12.8. The van der Waals surface area contributed by atoms with E-state index in [1.165, 1.54) is 0 Å². The van der Waals surface area contributed by atoms with Crippen molar-refractivity contribution in [2.75, 3.05) is 5.32 Å². The largest absolute Gasteiger partial charge is 0.478 e. The van der Waals surface area contributed by atoms with Crippen molar-refractivity contribution in [2.45, 2.75) is 32.0 Å². The topological polar surface area (TPSA) is 92.4 Å². The van der Waals surface area contributed by atoms with E-state index in [-0.39, 0.29) is 0 Å². The summed E-state index contributed by atoms with van der Waals surface area (Å²) in [6.07, 6.45) is -3.68. The van der Waals surface area contributed by atoms with Gasteiger partial charge in [-0.05, 0) is 24.6 Å². The Balaban J connectivity index is 3.13. The molecule has 116 valence electrons. The van der Waals surface area contributed by atoms with Crippen LogP contribution in [0.4, 0.5) is 18.9 Å². The van der Waals surface area contributed by atoms with Crippen molar-refractivity contribution in [3.63, 3.8) is 0 Å². The van der Waals surface area contributed by atoms with Crippen LogP contribution in [0.5, 0.6) is 0 Å². The number of halogens is 3. The molecule has 0 spiro atoms. The van der Waals surface area contributed by atoms with Gasteiger partial charge in [0, 0.05) is 0 Å². The minimum Gasteiger partial charge on any atom is -0.478 e. The molecule has 1 atom stereocenters. The zero-order chi connectivity index (χ0) is 16.2. The second-order valence-electron chi connectivity index (χ2n) is 4.45. The summed E-state index contributed by atoms with van der Waals surface area (Å²) in [4.78, 5) is 22.7. The van der Waals surface area contributed by atoms with Gasteiger partial charge >= 0.3 is 12.1 Å². The van der Waals surface area contributed by atoms with Crippen molar-refractivity contribution >= 4 is 17.6 Å². The van der Waals surface area contributed by atoms with Crippen molar-refractivity contribution in [1.82, 2.24) is 0 Å². The third-order valence-corrected chi connectivity index (χ3v) is 2.77. The average Bonchev–Trinajstić information content (AvgIpc) is 2.37. The number of alkyl halides is 3. The Kier molecular flexibility index (Phi) is 5.31. The molecule has 5 nitrogen and oxygen atoms in total. The highest BCUT2D eigenvalue weighted by Gasteiger charge is 2.32. The molecular formula is C13H15F3N2O3. The summed E-state index contributed by atoms with van der Waals surface area (Å²) in [5, 5.41) is 11.1. The molecule has 0 aromatic heterocycles. The first-order valence-corrected chi connectivity index (χ1v) is 6.17. The van der Waals surface area contributed by atoms with Gasteiger partial charge in [0.05, 0.1) is 22.9 Å². The van der Waals surface area contributed by atoms with Crippen molar-refractivity contribution in [2.24, 2.45) is 5.73 Å². The van der Waals surface area contributed by atoms with Gasteiger partial charge in [0.25, 0.3) is 0 Å². The molecule has 1 rings (SSSR count). The number of carbonyl (C=O) groups excluding carboxylic acids is 1. The molecule has 0 bridgehead atoms. The molecule has 4 N–H and O–H groups in total. The highest BCUT2D eigenvalue weighted by atomic mass is 19.4. The Hall–Kier alpha value is -2.09. The minimum atomic E-state index is -4.64. The molecule has 1 amide bonds. The number of nitrogens with one attached hydrogen (secondary N) is 1. The molecule has 0 radical (unpaired) electrons. The highest BCUT2D eigenvalue weighted by Crippen LogP contribution is 2.32. The quantitative estimate of drug-likeness (QED) is 0.779. The fraction of sp³-hybridized carbons (Fsp3) is 0.385. The monoisotopic (exact) mass is 304 g/mol. The molecule has 1 aromatic rings. The first kappa shape index (κ1) is 17.0. The Labute approximate surface area is 118 Å². The molecule has 1 aromatic carbocycles. The summed E-state index contributed by atoms with van der Waals surface area (Å²) in [7, 11) is 0. The van der Waals surface area contributed by atoms with E-state index in [0.717, 1.165) is 6.07 Å². The third kappa shape index (κ3) is 4.45. The van der Waals surface area contributed by atoms with Crippen molar-refractivity contribution in [3.8, 4) is 0 Å².